The van der Waals surface area contributed by atoms with Crippen LogP contribution in [0.3, 0.4) is 0 Å². The monoisotopic (exact) mass is 410 g/mol. The third-order valence-corrected chi connectivity index (χ3v) is 7.00. The fourth-order valence-electron chi connectivity index (χ4n) is 3.65. The molecule has 1 aliphatic rings. The van der Waals surface area contributed by atoms with E-state index in [4.69, 9.17) is 10.5 Å². The molecule has 4 aromatic rings. The number of rotatable bonds is 4. The third kappa shape index (κ3) is 2.98. The number of nitrogens with zero attached hydrogens (tertiary/aromatic N) is 3. The van der Waals surface area contributed by atoms with Crippen LogP contribution in [-0.2, 0) is 24.2 Å². The van der Waals surface area contributed by atoms with Gasteiger partial charge in [0.05, 0.1) is 11.1 Å². The Hall–Kier alpha value is -2.71. The molecule has 0 aliphatic heterocycles. The molecule has 142 valence electrons. The summed E-state index contributed by atoms with van der Waals surface area (Å²) in [6.45, 7) is 0.00452. The Morgan fingerprint density at radius 1 is 1.21 bits per heavy atom. The summed E-state index contributed by atoms with van der Waals surface area (Å²) >= 11 is 3.04. The molecule has 8 heteroatoms. The Morgan fingerprint density at radius 2 is 2.04 bits per heavy atom. The Balaban J connectivity index is 1.38. The van der Waals surface area contributed by atoms with Gasteiger partial charge in [0.25, 0.3) is 0 Å². The second-order valence-corrected chi connectivity index (χ2v) is 8.72. The number of aryl methyl sites for hydroxylation is 2. The van der Waals surface area contributed by atoms with Crippen molar-refractivity contribution in [1.82, 2.24) is 14.5 Å². The Kier molecular flexibility index (Phi) is 4.37. The number of nitrogens with two attached hydrogens (primary N) is 1. The van der Waals surface area contributed by atoms with Gasteiger partial charge in [-0.2, -0.15) is 0 Å². The van der Waals surface area contributed by atoms with Crippen LogP contribution in [0.15, 0.2) is 36.0 Å². The zero-order valence-electron chi connectivity index (χ0n) is 15.1. The van der Waals surface area contributed by atoms with Crippen LogP contribution in [0.1, 0.15) is 38.8 Å². The summed E-state index contributed by atoms with van der Waals surface area (Å²) in [5.41, 5.74) is 8.34. The van der Waals surface area contributed by atoms with E-state index < -0.39 is 0 Å². The number of carbonyl (C=O) groups is 1. The number of hydrogen-bond acceptors (Lipinski definition) is 7. The number of esters is 1. The number of fused-ring (bicyclic) bond motifs is 3. The zero-order chi connectivity index (χ0) is 19.1. The highest BCUT2D eigenvalue weighted by Gasteiger charge is 2.21. The van der Waals surface area contributed by atoms with Crippen LogP contribution in [0.4, 0.5) is 5.82 Å². The van der Waals surface area contributed by atoms with Crippen LogP contribution in [-0.4, -0.2) is 20.5 Å². The number of nitrogen functional groups attached to an aromatic ring is 1. The number of anilines is 1. The molecule has 0 saturated carbocycles. The van der Waals surface area contributed by atoms with E-state index in [2.05, 4.69) is 9.97 Å². The molecule has 0 atom stereocenters. The summed E-state index contributed by atoms with van der Waals surface area (Å²) < 4.78 is 7.39. The van der Waals surface area contributed by atoms with Gasteiger partial charge in [0, 0.05) is 17.3 Å². The van der Waals surface area contributed by atoms with Gasteiger partial charge < -0.3 is 15.0 Å². The van der Waals surface area contributed by atoms with Crippen LogP contribution in [0, 0.1) is 0 Å². The van der Waals surface area contributed by atoms with Gasteiger partial charge in [-0.3, -0.25) is 0 Å². The first kappa shape index (κ1) is 17.4. The summed E-state index contributed by atoms with van der Waals surface area (Å²) in [6.07, 6.45) is 8.31. The molecule has 4 heterocycles. The van der Waals surface area contributed by atoms with Crippen LogP contribution >= 0.6 is 22.7 Å². The smallest absolute Gasteiger partial charge is 0.350 e. The lowest BCUT2D eigenvalue weighted by Crippen LogP contribution is -2.09. The molecule has 0 radical (unpaired) electrons. The normalized spacial score (nSPS) is 13.6. The molecule has 6 nitrogen and oxygen atoms in total. The molecular formula is C20H18N4O2S2. The molecule has 0 saturated heterocycles. The number of carbonyl (C=O) groups excluding carboxylic acids is 1. The van der Waals surface area contributed by atoms with E-state index in [1.807, 2.05) is 40.5 Å². The van der Waals surface area contributed by atoms with Crippen LogP contribution in [0.2, 0.25) is 0 Å². The van der Waals surface area contributed by atoms with Gasteiger partial charge in [-0.25, -0.2) is 14.8 Å². The topological polar surface area (TPSA) is 83.0 Å². The second kappa shape index (κ2) is 7.03. The molecule has 0 amide bonds. The highest BCUT2D eigenvalue weighted by atomic mass is 32.1. The maximum absolute atomic E-state index is 12.6. The molecule has 1 aliphatic carbocycles. The Labute approximate surface area is 169 Å². The summed E-state index contributed by atoms with van der Waals surface area (Å²) in [5, 5.41) is 2.87. The van der Waals surface area contributed by atoms with E-state index in [1.165, 1.54) is 34.6 Å². The molecule has 0 aromatic carbocycles. The molecule has 0 bridgehead atoms. The number of aromatic nitrogens is 3. The Bertz CT molecular complexity index is 1160. The van der Waals surface area contributed by atoms with E-state index in [9.17, 15) is 4.79 Å². The predicted octanol–water partition coefficient (Wildman–Crippen LogP) is 4.36. The maximum Gasteiger partial charge on any atom is 0.350 e. The van der Waals surface area contributed by atoms with Crippen molar-refractivity contribution < 1.29 is 9.53 Å². The Morgan fingerprint density at radius 3 is 2.89 bits per heavy atom. The minimum Gasteiger partial charge on any atom is -0.453 e. The number of hydrogen-bond donors (Lipinski definition) is 1. The van der Waals surface area contributed by atoms with Gasteiger partial charge in [-0.15, -0.1) is 22.7 Å². The average Bonchev–Trinajstić information content (AvgIpc) is 3.44. The van der Waals surface area contributed by atoms with Gasteiger partial charge in [0.2, 0.25) is 0 Å². The van der Waals surface area contributed by atoms with Crippen molar-refractivity contribution in [3.05, 3.63) is 57.1 Å². The highest BCUT2D eigenvalue weighted by molar-refractivity contribution is 7.19. The van der Waals surface area contributed by atoms with Crippen molar-refractivity contribution in [3.8, 4) is 5.69 Å². The van der Waals surface area contributed by atoms with E-state index >= 15 is 0 Å². The largest absolute Gasteiger partial charge is 0.453 e. The fourth-order valence-corrected chi connectivity index (χ4v) is 5.72. The van der Waals surface area contributed by atoms with Gasteiger partial charge in [0.1, 0.15) is 15.5 Å². The number of ether oxygens (including phenoxy) is 1. The predicted molar refractivity (Wildman–Crippen MR) is 111 cm³/mol. The molecular weight excluding hydrogens is 392 g/mol. The van der Waals surface area contributed by atoms with E-state index in [0.29, 0.717) is 16.5 Å². The minimum atomic E-state index is -0.383. The van der Waals surface area contributed by atoms with Gasteiger partial charge in [0.15, 0.2) is 12.4 Å². The van der Waals surface area contributed by atoms with E-state index in [1.54, 1.807) is 11.3 Å². The van der Waals surface area contributed by atoms with Crippen molar-refractivity contribution >= 4 is 44.7 Å². The molecule has 4 aromatic heterocycles. The summed E-state index contributed by atoms with van der Waals surface area (Å²) in [7, 11) is 0. The standard InChI is InChI=1S/C20H18N4O2S2/c21-18-16-12-5-1-2-6-14(12)28-19(16)23-15(22-18)11-26-20(25)17-13(7-10-27-17)24-8-3-4-9-24/h3-4,7-10H,1-2,5-6,11H2,(H2,21,22,23). The van der Waals surface area contributed by atoms with Crippen molar-refractivity contribution in [2.75, 3.05) is 5.73 Å². The van der Waals surface area contributed by atoms with Crippen LogP contribution in [0.25, 0.3) is 15.9 Å². The van der Waals surface area contributed by atoms with Gasteiger partial charge >= 0.3 is 5.97 Å². The molecule has 0 fully saturated rings. The summed E-state index contributed by atoms with van der Waals surface area (Å²) in [5.74, 6) is 0.544. The third-order valence-electron chi connectivity index (χ3n) is 4.93. The molecule has 2 N–H and O–H groups in total. The van der Waals surface area contributed by atoms with Crippen molar-refractivity contribution in [3.63, 3.8) is 0 Å². The average molecular weight is 411 g/mol. The number of thiophene rings is 2. The van der Waals surface area contributed by atoms with Gasteiger partial charge in [-0.05, 0) is 54.8 Å². The van der Waals surface area contributed by atoms with E-state index in [-0.39, 0.29) is 12.6 Å². The SMILES string of the molecule is Nc1nc(COC(=O)c2sccc2-n2cccc2)nc2sc3c(c12)CCCC3. The first-order valence-corrected chi connectivity index (χ1v) is 10.8. The molecule has 0 unspecified atom stereocenters. The van der Waals surface area contributed by atoms with Gasteiger partial charge in [-0.1, -0.05) is 0 Å². The maximum atomic E-state index is 12.6. The molecule has 5 rings (SSSR count). The van der Waals surface area contributed by atoms with Crippen LogP contribution < -0.4 is 5.73 Å². The zero-order valence-corrected chi connectivity index (χ0v) is 16.7. The lowest BCUT2D eigenvalue weighted by molar-refractivity contribution is 0.0468. The fraction of sp³-hybridized carbons (Fsp3) is 0.250. The summed E-state index contributed by atoms with van der Waals surface area (Å²) in [4.78, 5) is 24.4. The van der Waals surface area contributed by atoms with E-state index in [0.717, 1.165) is 28.7 Å². The molecule has 28 heavy (non-hydrogen) atoms. The lowest BCUT2D eigenvalue weighted by Gasteiger charge is -2.11. The summed E-state index contributed by atoms with van der Waals surface area (Å²) in [6, 6.07) is 5.73. The highest BCUT2D eigenvalue weighted by Crippen LogP contribution is 2.37. The van der Waals surface area contributed by atoms with Crippen LogP contribution in [0.5, 0.6) is 0 Å². The second-order valence-electron chi connectivity index (χ2n) is 6.72. The van der Waals surface area contributed by atoms with Crippen molar-refractivity contribution in [1.29, 1.82) is 0 Å². The lowest BCUT2D eigenvalue weighted by atomic mass is 9.97. The first-order valence-electron chi connectivity index (χ1n) is 9.15. The van der Waals surface area contributed by atoms with Crippen molar-refractivity contribution in [2.24, 2.45) is 0 Å². The first-order chi connectivity index (χ1) is 13.7. The quantitative estimate of drug-likeness (QED) is 0.505. The van der Waals surface area contributed by atoms with Crippen molar-refractivity contribution in [2.45, 2.75) is 32.3 Å². The molecule has 0 spiro atoms. The minimum absolute atomic E-state index is 0.00452.